The summed E-state index contributed by atoms with van der Waals surface area (Å²) < 4.78 is 0. The quantitative estimate of drug-likeness (QED) is 0.780. The Labute approximate surface area is 110 Å². The summed E-state index contributed by atoms with van der Waals surface area (Å²) in [6, 6.07) is 0. The predicted octanol–water partition coefficient (Wildman–Crippen LogP) is 3.20. The van der Waals surface area contributed by atoms with E-state index in [-0.39, 0.29) is 20.5 Å². The molecule has 1 N–H and O–H groups in total. The standard InChI is InChI=1S/C14H23NOSe/c1-12-4-10-5-13(2,7-12)9-14(6-10,8-12)15-11(16)17-3/h10H,4-9H2,1-3H3,(H,15,16)/t10?,12-,13+,14?. The van der Waals surface area contributed by atoms with Gasteiger partial charge in [0.15, 0.2) is 0 Å². The van der Waals surface area contributed by atoms with Crippen molar-refractivity contribution in [2.24, 2.45) is 16.7 Å². The van der Waals surface area contributed by atoms with Crippen LogP contribution < -0.4 is 5.32 Å². The minimum atomic E-state index is 0.102. The SMILES string of the molecule is C[Se]C(=O)NC12CC3C[C@@](C)(C1)C[C@](C)(C3)C2. The Hall–Kier alpha value is -0.0105. The van der Waals surface area contributed by atoms with Crippen molar-refractivity contribution in [3.63, 3.8) is 0 Å². The molecular formula is C14H23NOSe. The van der Waals surface area contributed by atoms with Gasteiger partial charge in [-0.05, 0) is 0 Å². The van der Waals surface area contributed by atoms with E-state index in [1.165, 1.54) is 38.5 Å². The van der Waals surface area contributed by atoms with E-state index in [1.54, 1.807) is 0 Å². The van der Waals surface area contributed by atoms with E-state index in [0.29, 0.717) is 15.6 Å². The van der Waals surface area contributed by atoms with Gasteiger partial charge in [0.2, 0.25) is 0 Å². The van der Waals surface area contributed by atoms with E-state index in [0.717, 1.165) is 5.92 Å². The predicted molar refractivity (Wildman–Crippen MR) is 70.3 cm³/mol. The molecule has 0 aromatic rings. The molecule has 0 heterocycles. The number of rotatable bonds is 2. The molecule has 4 saturated carbocycles. The zero-order chi connectivity index (χ0) is 12.3. The second kappa shape index (κ2) is 3.51. The van der Waals surface area contributed by atoms with Crippen LogP contribution in [-0.4, -0.2) is 25.3 Å². The van der Waals surface area contributed by atoms with Gasteiger partial charge in [0.05, 0.1) is 0 Å². The first-order valence-electron chi connectivity index (χ1n) is 6.72. The van der Waals surface area contributed by atoms with Crippen LogP contribution in [0.2, 0.25) is 5.82 Å². The fourth-order valence-corrected chi connectivity index (χ4v) is 6.52. The van der Waals surface area contributed by atoms with Gasteiger partial charge in [0, 0.05) is 0 Å². The summed E-state index contributed by atoms with van der Waals surface area (Å²) >= 11 is 0.102. The third-order valence-electron chi connectivity index (χ3n) is 5.18. The van der Waals surface area contributed by atoms with E-state index in [2.05, 4.69) is 19.2 Å². The summed E-state index contributed by atoms with van der Waals surface area (Å²) in [6.07, 6.45) is 7.89. The molecule has 1 amide bonds. The molecule has 17 heavy (non-hydrogen) atoms. The molecule has 96 valence electrons. The molecule has 0 spiro atoms. The van der Waals surface area contributed by atoms with Gasteiger partial charge >= 0.3 is 110 Å². The number of nitrogens with one attached hydrogen (secondary N) is 1. The number of carbonyl (C=O) groups is 1. The van der Waals surface area contributed by atoms with Crippen molar-refractivity contribution in [3.8, 4) is 0 Å². The summed E-state index contributed by atoms with van der Waals surface area (Å²) in [5.74, 6) is 2.89. The van der Waals surface area contributed by atoms with Crippen LogP contribution in [0.1, 0.15) is 52.4 Å². The van der Waals surface area contributed by atoms with Crippen LogP contribution in [0.4, 0.5) is 4.79 Å². The maximum atomic E-state index is 11.8. The molecule has 4 bridgehead atoms. The van der Waals surface area contributed by atoms with E-state index in [1.807, 2.05) is 5.82 Å². The van der Waals surface area contributed by atoms with Crippen LogP contribution in [0, 0.1) is 16.7 Å². The zero-order valence-electron chi connectivity index (χ0n) is 11.1. The minimum absolute atomic E-state index is 0.102. The molecular weight excluding hydrogens is 277 g/mol. The van der Waals surface area contributed by atoms with Crippen LogP contribution in [0.5, 0.6) is 0 Å². The van der Waals surface area contributed by atoms with Gasteiger partial charge in [0.1, 0.15) is 0 Å². The van der Waals surface area contributed by atoms with Crippen molar-refractivity contribution >= 4 is 19.8 Å². The van der Waals surface area contributed by atoms with Gasteiger partial charge < -0.3 is 0 Å². The summed E-state index contributed by atoms with van der Waals surface area (Å²) in [4.78, 5) is 12.1. The van der Waals surface area contributed by atoms with Crippen LogP contribution in [0.25, 0.3) is 0 Å². The number of hydrogen-bond donors (Lipinski definition) is 1. The molecule has 4 rings (SSSR count). The Morgan fingerprint density at radius 2 is 1.71 bits per heavy atom. The fraction of sp³-hybridized carbons (Fsp3) is 0.929. The molecule has 2 nitrogen and oxygen atoms in total. The van der Waals surface area contributed by atoms with Gasteiger partial charge in [-0.25, -0.2) is 0 Å². The Bertz CT molecular complexity index is 349. The molecule has 4 aliphatic carbocycles. The Morgan fingerprint density at radius 1 is 1.12 bits per heavy atom. The van der Waals surface area contributed by atoms with Crippen molar-refractivity contribution in [3.05, 3.63) is 0 Å². The summed E-state index contributed by atoms with van der Waals surface area (Å²) in [6.45, 7) is 4.90. The first kappa shape index (κ1) is 12.0. The molecule has 3 heteroatoms. The summed E-state index contributed by atoms with van der Waals surface area (Å²) in [7, 11) is 0. The maximum absolute atomic E-state index is 11.8. The van der Waals surface area contributed by atoms with Crippen molar-refractivity contribution in [1.29, 1.82) is 0 Å². The Morgan fingerprint density at radius 3 is 2.18 bits per heavy atom. The Kier molecular flexibility index (Phi) is 2.49. The molecule has 4 aliphatic rings. The Balaban J connectivity index is 1.89. The van der Waals surface area contributed by atoms with E-state index < -0.39 is 0 Å². The molecule has 0 saturated heterocycles. The number of amides is 1. The normalized spacial score (nSPS) is 51.6. The molecule has 2 unspecified atom stereocenters. The average Bonchev–Trinajstić information content (AvgIpc) is 2.10. The molecule has 0 radical (unpaired) electrons. The van der Waals surface area contributed by atoms with E-state index in [9.17, 15) is 4.79 Å². The van der Waals surface area contributed by atoms with E-state index >= 15 is 0 Å². The zero-order valence-corrected chi connectivity index (χ0v) is 12.8. The van der Waals surface area contributed by atoms with Crippen molar-refractivity contribution in [2.75, 3.05) is 0 Å². The monoisotopic (exact) mass is 301 g/mol. The van der Waals surface area contributed by atoms with Gasteiger partial charge in [-0.15, -0.1) is 0 Å². The third kappa shape index (κ3) is 1.96. The van der Waals surface area contributed by atoms with Gasteiger partial charge in [0.25, 0.3) is 0 Å². The molecule has 0 aromatic carbocycles. The average molecular weight is 300 g/mol. The molecule has 4 atom stereocenters. The first-order valence-corrected chi connectivity index (χ1v) is 9.29. The van der Waals surface area contributed by atoms with Crippen molar-refractivity contribution < 1.29 is 4.79 Å². The first-order chi connectivity index (χ1) is 7.86. The fourth-order valence-electron chi connectivity index (χ4n) is 5.85. The molecule has 0 aliphatic heterocycles. The second-order valence-corrected chi connectivity index (χ2v) is 9.16. The van der Waals surface area contributed by atoms with Crippen molar-refractivity contribution in [2.45, 2.75) is 63.7 Å². The van der Waals surface area contributed by atoms with Gasteiger partial charge in [-0.3, -0.25) is 0 Å². The van der Waals surface area contributed by atoms with Crippen molar-refractivity contribution in [1.82, 2.24) is 5.32 Å². The van der Waals surface area contributed by atoms with Gasteiger partial charge in [-0.1, -0.05) is 0 Å². The van der Waals surface area contributed by atoms with Crippen LogP contribution >= 0.6 is 0 Å². The summed E-state index contributed by atoms with van der Waals surface area (Å²) in [5.41, 5.74) is 1.17. The topological polar surface area (TPSA) is 29.1 Å². The van der Waals surface area contributed by atoms with E-state index in [4.69, 9.17) is 0 Å². The number of hydrogen-bond acceptors (Lipinski definition) is 1. The van der Waals surface area contributed by atoms with Crippen LogP contribution in [0.15, 0.2) is 0 Å². The third-order valence-corrected chi connectivity index (χ3v) is 6.17. The van der Waals surface area contributed by atoms with Gasteiger partial charge in [-0.2, -0.15) is 0 Å². The molecule has 0 aromatic heterocycles. The summed E-state index contributed by atoms with van der Waals surface area (Å²) in [5, 5.41) is 3.41. The van der Waals surface area contributed by atoms with Crippen LogP contribution in [0.3, 0.4) is 0 Å². The number of carbonyl (C=O) groups excluding carboxylic acids is 1. The van der Waals surface area contributed by atoms with Crippen LogP contribution in [-0.2, 0) is 0 Å². The molecule has 4 fully saturated rings. The second-order valence-electron chi connectivity index (χ2n) is 7.53.